The zero-order valence-electron chi connectivity index (χ0n) is 23.1. The first-order valence-electron chi connectivity index (χ1n) is 13.5. The van der Waals surface area contributed by atoms with E-state index in [0.717, 1.165) is 40.7 Å². The van der Waals surface area contributed by atoms with Crippen LogP contribution >= 0.6 is 0 Å². The van der Waals surface area contributed by atoms with Gasteiger partial charge in [0.05, 0.1) is 12.3 Å². The summed E-state index contributed by atoms with van der Waals surface area (Å²) in [6.45, 7) is 7.16. The molecule has 0 aliphatic rings. The molecule has 0 fully saturated rings. The molecule has 0 N–H and O–H groups in total. The summed E-state index contributed by atoms with van der Waals surface area (Å²) in [6, 6.07) is 17.5. The minimum Gasteiger partial charge on any atom is -0.490 e. The van der Waals surface area contributed by atoms with Gasteiger partial charge < -0.3 is 18.9 Å². The SMILES string of the molecule is CCCc1nn(C)c2c(OCCOc3ccc(CC(OCC)C(=O)OCC)cc3)nc(-c3ccccc3)nc12. The number of ether oxygens (including phenoxy) is 4. The van der Waals surface area contributed by atoms with Crippen molar-refractivity contribution in [3.8, 4) is 23.0 Å². The molecule has 0 saturated heterocycles. The Hall–Kier alpha value is -3.98. The lowest BCUT2D eigenvalue weighted by Crippen LogP contribution is -2.28. The van der Waals surface area contributed by atoms with Crippen molar-refractivity contribution in [2.45, 2.75) is 46.1 Å². The number of benzene rings is 2. The number of carbonyl (C=O) groups is 1. The van der Waals surface area contributed by atoms with Crippen molar-refractivity contribution in [1.29, 1.82) is 0 Å². The molecule has 1 atom stereocenters. The standard InChI is InChI=1S/C30H36N4O5/c1-5-11-24-26-27(34(4)33-24)29(32-28(31-26)22-12-9-8-10-13-22)39-19-18-38-23-16-14-21(15-17-23)20-25(36-6-2)30(35)37-7-3/h8-10,12-17,25H,5-7,11,18-20H2,1-4H3. The molecular weight excluding hydrogens is 496 g/mol. The highest BCUT2D eigenvalue weighted by atomic mass is 16.6. The second-order valence-corrected chi connectivity index (χ2v) is 8.98. The monoisotopic (exact) mass is 532 g/mol. The van der Waals surface area contributed by atoms with Gasteiger partial charge in [0.2, 0.25) is 5.88 Å². The number of nitrogens with zero attached hydrogens (tertiary/aromatic N) is 4. The van der Waals surface area contributed by atoms with Crippen molar-refractivity contribution < 1.29 is 23.7 Å². The molecule has 0 aliphatic heterocycles. The number of rotatable bonds is 14. The van der Waals surface area contributed by atoms with Crippen LogP contribution < -0.4 is 9.47 Å². The van der Waals surface area contributed by atoms with E-state index in [-0.39, 0.29) is 5.97 Å². The molecule has 0 saturated carbocycles. The maximum atomic E-state index is 12.1. The second kappa shape index (κ2) is 13.7. The van der Waals surface area contributed by atoms with Crippen LogP contribution in [0.2, 0.25) is 0 Å². The van der Waals surface area contributed by atoms with E-state index < -0.39 is 6.10 Å². The first-order valence-corrected chi connectivity index (χ1v) is 13.5. The Labute approximate surface area is 229 Å². The van der Waals surface area contributed by atoms with Crippen molar-refractivity contribution in [2.75, 3.05) is 26.4 Å². The quantitative estimate of drug-likeness (QED) is 0.166. The van der Waals surface area contributed by atoms with Gasteiger partial charge in [-0.1, -0.05) is 55.8 Å². The largest absolute Gasteiger partial charge is 0.490 e. The van der Waals surface area contributed by atoms with Gasteiger partial charge in [-0.2, -0.15) is 10.1 Å². The van der Waals surface area contributed by atoms with Crippen molar-refractivity contribution in [3.63, 3.8) is 0 Å². The lowest BCUT2D eigenvalue weighted by Gasteiger charge is -2.16. The molecule has 9 heteroatoms. The van der Waals surface area contributed by atoms with Crippen molar-refractivity contribution >= 4 is 17.0 Å². The number of carbonyl (C=O) groups excluding carboxylic acids is 1. The van der Waals surface area contributed by atoms with Crippen LogP contribution in [0, 0.1) is 0 Å². The summed E-state index contributed by atoms with van der Waals surface area (Å²) in [5.74, 6) is 1.44. The van der Waals surface area contributed by atoms with Gasteiger partial charge in [0.1, 0.15) is 30.0 Å². The van der Waals surface area contributed by atoms with Crippen LogP contribution in [-0.4, -0.2) is 58.2 Å². The third-order valence-electron chi connectivity index (χ3n) is 6.09. The number of hydrogen-bond donors (Lipinski definition) is 0. The minimum absolute atomic E-state index is 0.297. The zero-order valence-corrected chi connectivity index (χ0v) is 23.1. The molecular formula is C30H36N4O5. The molecule has 4 rings (SSSR count). The number of fused-ring (bicyclic) bond motifs is 1. The van der Waals surface area contributed by atoms with E-state index in [1.54, 1.807) is 11.6 Å². The summed E-state index contributed by atoms with van der Waals surface area (Å²) in [6.07, 6.45) is 1.61. The first-order chi connectivity index (χ1) is 19.0. The third kappa shape index (κ3) is 7.11. The fourth-order valence-corrected chi connectivity index (χ4v) is 4.31. The maximum Gasteiger partial charge on any atom is 0.335 e. The molecule has 2 aromatic heterocycles. The number of aromatic nitrogens is 4. The predicted octanol–water partition coefficient (Wildman–Crippen LogP) is 4.95. The molecule has 0 amide bonds. The van der Waals surface area contributed by atoms with Gasteiger partial charge in [-0.3, -0.25) is 4.68 Å². The molecule has 0 spiro atoms. The van der Waals surface area contributed by atoms with Crippen molar-refractivity contribution in [1.82, 2.24) is 19.7 Å². The normalized spacial score (nSPS) is 11.9. The minimum atomic E-state index is -0.620. The average Bonchev–Trinajstić information content (AvgIpc) is 3.27. The first kappa shape index (κ1) is 28.0. The van der Waals surface area contributed by atoms with Crippen LogP contribution in [0.4, 0.5) is 0 Å². The van der Waals surface area contributed by atoms with Crippen LogP contribution in [0.25, 0.3) is 22.4 Å². The van der Waals surface area contributed by atoms with Gasteiger partial charge in [-0.25, -0.2) is 9.78 Å². The van der Waals surface area contributed by atoms with E-state index in [1.807, 2.05) is 68.6 Å². The summed E-state index contributed by atoms with van der Waals surface area (Å²) >= 11 is 0. The Morgan fingerprint density at radius 3 is 2.36 bits per heavy atom. The smallest absolute Gasteiger partial charge is 0.335 e. The molecule has 0 aliphatic carbocycles. The highest BCUT2D eigenvalue weighted by Crippen LogP contribution is 2.29. The van der Waals surface area contributed by atoms with Crippen LogP contribution in [0.5, 0.6) is 11.6 Å². The van der Waals surface area contributed by atoms with Gasteiger partial charge in [0, 0.05) is 25.6 Å². The van der Waals surface area contributed by atoms with Gasteiger partial charge in [0.25, 0.3) is 0 Å². The molecule has 206 valence electrons. The van der Waals surface area contributed by atoms with Crippen LogP contribution in [-0.2, 0) is 34.2 Å². The summed E-state index contributed by atoms with van der Waals surface area (Å²) in [7, 11) is 1.88. The topological polar surface area (TPSA) is 97.6 Å². The predicted molar refractivity (Wildman–Crippen MR) is 149 cm³/mol. The Kier molecular flexibility index (Phi) is 9.85. The van der Waals surface area contributed by atoms with Gasteiger partial charge in [-0.05, 0) is 38.0 Å². The van der Waals surface area contributed by atoms with Gasteiger partial charge >= 0.3 is 5.97 Å². The fraction of sp³-hybridized carbons (Fsp3) is 0.400. The Morgan fingerprint density at radius 2 is 1.67 bits per heavy atom. The van der Waals surface area contributed by atoms with Crippen LogP contribution in [0.15, 0.2) is 54.6 Å². The number of hydrogen-bond acceptors (Lipinski definition) is 8. The molecule has 2 heterocycles. The van der Waals surface area contributed by atoms with Gasteiger partial charge in [0.15, 0.2) is 11.9 Å². The Balaban J connectivity index is 1.42. The molecule has 2 aromatic carbocycles. The molecule has 0 radical (unpaired) electrons. The fourth-order valence-electron chi connectivity index (χ4n) is 4.31. The molecule has 1 unspecified atom stereocenters. The van der Waals surface area contributed by atoms with Crippen molar-refractivity contribution in [3.05, 3.63) is 65.9 Å². The number of esters is 1. The van der Waals surface area contributed by atoms with E-state index >= 15 is 0 Å². The van der Waals surface area contributed by atoms with Crippen molar-refractivity contribution in [2.24, 2.45) is 7.05 Å². The van der Waals surface area contributed by atoms with E-state index in [4.69, 9.17) is 28.9 Å². The molecule has 39 heavy (non-hydrogen) atoms. The highest BCUT2D eigenvalue weighted by molar-refractivity contribution is 5.84. The maximum absolute atomic E-state index is 12.1. The van der Waals surface area contributed by atoms with E-state index in [1.165, 1.54) is 0 Å². The Bertz CT molecular complexity index is 1360. The number of aryl methyl sites for hydroxylation is 2. The average molecular weight is 533 g/mol. The second-order valence-electron chi connectivity index (χ2n) is 8.98. The highest BCUT2D eigenvalue weighted by Gasteiger charge is 2.21. The summed E-state index contributed by atoms with van der Waals surface area (Å²) in [4.78, 5) is 21.7. The summed E-state index contributed by atoms with van der Waals surface area (Å²) in [5.41, 5.74) is 4.40. The van der Waals surface area contributed by atoms with Gasteiger partial charge in [-0.15, -0.1) is 0 Å². The Morgan fingerprint density at radius 1 is 0.923 bits per heavy atom. The van der Waals surface area contributed by atoms with E-state index in [9.17, 15) is 4.79 Å². The molecule has 9 nitrogen and oxygen atoms in total. The van der Waals surface area contributed by atoms with E-state index in [0.29, 0.717) is 50.3 Å². The summed E-state index contributed by atoms with van der Waals surface area (Å²) < 4.78 is 24.5. The molecule has 0 bridgehead atoms. The lowest BCUT2D eigenvalue weighted by molar-refractivity contribution is -0.156. The zero-order chi connectivity index (χ0) is 27.6. The lowest BCUT2D eigenvalue weighted by atomic mass is 10.1. The summed E-state index contributed by atoms with van der Waals surface area (Å²) in [5, 5.41) is 4.68. The van der Waals surface area contributed by atoms with Crippen LogP contribution in [0.3, 0.4) is 0 Å². The van der Waals surface area contributed by atoms with E-state index in [2.05, 4.69) is 12.0 Å². The third-order valence-corrected chi connectivity index (χ3v) is 6.09. The molecule has 4 aromatic rings. The van der Waals surface area contributed by atoms with Crippen LogP contribution in [0.1, 0.15) is 38.4 Å².